The van der Waals surface area contributed by atoms with E-state index < -0.39 is 0 Å². The molecule has 0 bridgehead atoms. The minimum absolute atomic E-state index is 0.0401. The van der Waals surface area contributed by atoms with E-state index in [1.165, 1.54) is 6.07 Å². The Labute approximate surface area is 140 Å². The molecular weight excluding hydrogens is 299 g/mol. The standard InChI is InChI=1S/C22H15FO/c23-19-13-7-6-12-18(19)21(15-8-2-1-3-9-15)22-17-11-5-4-10-16(17)14-20(22)24/h1-13H,14H2/b22-21-. The summed E-state index contributed by atoms with van der Waals surface area (Å²) in [5.41, 5.74) is 4.50. The van der Waals surface area contributed by atoms with Crippen LogP contribution in [0.1, 0.15) is 22.3 Å². The molecule has 0 N–H and O–H groups in total. The smallest absolute Gasteiger partial charge is 0.168 e. The Kier molecular flexibility index (Phi) is 3.58. The Balaban J connectivity index is 2.08. The molecule has 3 aromatic carbocycles. The lowest BCUT2D eigenvalue weighted by Crippen LogP contribution is -2.02. The SMILES string of the molecule is O=C1Cc2ccccc2/C1=C(\c1ccccc1)c1ccccc1F. The average molecular weight is 314 g/mol. The summed E-state index contributed by atoms with van der Waals surface area (Å²) in [5.74, 6) is -0.278. The molecule has 0 atom stereocenters. The third kappa shape index (κ3) is 2.37. The van der Waals surface area contributed by atoms with Crippen LogP contribution in [-0.2, 0) is 11.2 Å². The largest absolute Gasteiger partial charge is 0.294 e. The third-order valence-electron chi connectivity index (χ3n) is 4.37. The van der Waals surface area contributed by atoms with Crippen molar-refractivity contribution in [3.05, 3.63) is 107 Å². The van der Waals surface area contributed by atoms with Crippen LogP contribution in [-0.4, -0.2) is 5.78 Å². The molecule has 0 unspecified atom stereocenters. The molecule has 3 aromatic rings. The lowest BCUT2D eigenvalue weighted by Gasteiger charge is -2.14. The molecule has 116 valence electrons. The Morgan fingerprint density at radius 1 is 0.792 bits per heavy atom. The first-order valence-electron chi connectivity index (χ1n) is 7.92. The number of Topliss-reactive ketones (excluding diaryl/α,β-unsaturated/α-hetero) is 1. The van der Waals surface area contributed by atoms with E-state index in [9.17, 15) is 9.18 Å². The topological polar surface area (TPSA) is 17.1 Å². The highest BCUT2D eigenvalue weighted by Crippen LogP contribution is 2.39. The van der Waals surface area contributed by atoms with E-state index in [0.29, 0.717) is 23.1 Å². The van der Waals surface area contributed by atoms with Crippen molar-refractivity contribution in [2.24, 2.45) is 0 Å². The van der Waals surface area contributed by atoms with Gasteiger partial charge in [-0.3, -0.25) is 4.79 Å². The summed E-state index contributed by atoms with van der Waals surface area (Å²) in [6.45, 7) is 0. The summed E-state index contributed by atoms with van der Waals surface area (Å²) in [6.07, 6.45) is 0.371. The first kappa shape index (κ1) is 14.6. The van der Waals surface area contributed by atoms with Gasteiger partial charge in [-0.1, -0.05) is 72.8 Å². The monoisotopic (exact) mass is 314 g/mol. The molecule has 0 aliphatic heterocycles. The van der Waals surface area contributed by atoms with Gasteiger partial charge in [0.2, 0.25) is 0 Å². The number of carbonyl (C=O) groups excluding carboxylic acids is 1. The number of hydrogen-bond donors (Lipinski definition) is 0. The first-order chi connectivity index (χ1) is 11.8. The molecule has 0 saturated carbocycles. The van der Waals surface area contributed by atoms with Crippen molar-refractivity contribution in [1.29, 1.82) is 0 Å². The number of allylic oxidation sites excluding steroid dienone is 1. The molecule has 1 nitrogen and oxygen atoms in total. The lowest BCUT2D eigenvalue weighted by atomic mass is 9.89. The summed E-state index contributed by atoms with van der Waals surface area (Å²) in [5, 5.41) is 0. The van der Waals surface area contributed by atoms with Crippen molar-refractivity contribution in [3.63, 3.8) is 0 Å². The maximum Gasteiger partial charge on any atom is 0.168 e. The Hall–Kier alpha value is -3.00. The molecule has 0 amide bonds. The van der Waals surface area contributed by atoms with Crippen LogP contribution >= 0.6 is 0 Å². The van der Waals surface area contributed by atoms with Gasteiger partial charge in [0.1, 0.15) is 5.82 Å². The van der Waals surface area contributed by atoms with E-state index in [0.717, 1.165) is 16.7 Å². The molecule has 1 aliphatic rings. The van der Waals surface area contributed by atoms with Gasteiger partial charge in [-0.2, -0.15) is 0 Å². The molecule has 0 saturated heterocycles. The van der Waals surface area contributed by atoms with E-state index in [-0.39, 0.29) is 11.6 Å². The van der Waals surface area contributed by atoms with Crippen LogP contribution in [0.3, 0.4) is 0 Å². The van der Waals surface area contributed by atoms with Crippen LogP contribution in [0.4, 0.5) is 4.39 Å². The maximum absolute atomic E-state index is 14.5. The second kappa shape index (κ2) is 5.89. The third-order valence-corrected chi connectivity index (χ3v) is 4.37. The van der Waals surface area contributed by atoms with Gasteiger partial charge in [-0.05, 0) is 22.8 Å². The maximum atomic E-state index is 14.5. The molecule has 4 rings (SSSR count). The second-order valence-electron chi connectivity index (χ2n) is 5.85. The molecule has 0 spiro atoms. The van der Waals surface area contributed by atoms with Gasteiger partial charge in [-0.15, -0.1) is 0 Å². The summed E-state index contributed by atoms with van der Waals surface area (Å²) < 4.78 is 14.5. The molecule has 24 heavy (non-hydrogen) atoms. The van der Waals surface area contributed by atoms with Gasteiger partial charge in [0.15, 0.2) is 5.78 Å². The normalized spacial score (nSPS) is 15.3. The number of carbonyl (C=O) groups is 1. The van der Waals surface area contributed by atoms with Crippen molar-refractivity contribution >= 4 is 16.9 Å². The second-order valence-corrected chi connectivity index (χ2v) is 5.85. The van der Waals surface area contributed by atoms with Crippen molar-refractivity contribution in [2.45, 2.75) is 6.42 Å². The van der Waals surface area contributed by atoms with Crippen LogP contribution in [0.2, 0.25) is 0 Å². The zero-order valence-electron chi connectivity index (χ0n) is 13.0. The van der Waals surface area contributed by atoms with Gasteiger partial charge >= 0.3 is 0 Å². The Bertz CT molecular complexity index is 954. The molecular formula is C22H15FO. The van der Waals surface area contributed by atoms with E-state index in [1.54, 1.807) is 18.2 Å². The number of rotatable bonds is 2. The number of halogens is 1. The first-order valence-corrected chi connectivity index (χ1v) is 7.92. The number of ketones is 1. The predicted octanol–water partition coefficient (Wildman–Crippen LogP) is 4.91. The molecule has 0 aromatic heterocycles. The number of hydrogen-bond acceptors (Lipinski definition) is 1. The number of fused-ring (bicyclic) bond motifs is 1. The number of benzene rings is 3. The highest BCUT2D eigenvalue weighted by Gasteiger charge is 2.29. The van der Waals surface area contributed by atoms with Gasteiger partial charge < -0.3 is 0 Å². The summed E-state index contributed by atoms with van der Waals surface area (Å²) in [4.78, 5) is 12.8. The van der Waals surface area contributed by atoms with Gasteiger partial charge in [0.05, 0.1) is 0 Å². The van der Waals surface area contributed by atoms with E-state index >= 15 is 0 Å². The van der Waals surface area contributed by atoms with Crippen molar-refractivity contribution in [1.82, 2.24) is 0 Å². The van der Waals surface area contributed by atoms with Crippen LogP contribution < -0.4 is 0 Å². The fraction of sp³-hybridized carbons (Fsp3) is 0.0455. The van der Waals surface area contributed by atoms with E-state index in [4.69, 9.17) is 0 Å². The summed E-state index contributed by atoms with van der Waals surface area (Å²) in [6, 6.07) is 24.0. The highest BCUT2D eigenvalue weighted by molar-refractivity contribution is 6.33. The predicted molar refractivity (Wildman–Crippen MR) is 93.9 cm³/mol. The van der Waals surface area contributed by atoms with Crippen molar-refractivity contribution in [3.8, 4) is 0 Å². The average Bonchev–Trinajstić information content (AvgIpc) is 2.94. The fourth-order valence-electron chi connectivity index (χ4n) is 3.31. The zero-order valence-corrected chi connectivity index (χ0v) is 13.0. The minimum atomic E-state index is -0.318. The van der Waals surface area contributed by atoms with Gasteiger partial charge in [0.25, 0.3) is 0 Å². The molecule has 2 heteroatoms. The summed E-state index contributed by atoms with van der Waals surface area (Å²) in [7, 11) is 0. The van der Waals surface area contributed by atoms with Crippen LogP contribution in [0.15, 0.2) is 78.9 Å². The lowest BCUT2D eigenvalue weighted by molar-refractivity contribution is -0.112. The molecule has 0 radical (unpaired) electrons. The van der Waals surface area contributed by atoms with Crippen molar-refractivity contribution in [2.75, 3.05) is 0 Å². The molecule has 1 aliphatic carbocycles. The minimum Gasteiger partial charge on any atom is -0.294 e. The van der Waals surface area contributed by atoms with Crippen molar-refractivity contribution < 1.29 is 9.18 Å². The van der Waals surface area contributed by atoms with Gasteiger partial charge in [0, 0.05) is 23.1 Å². The van der Waals surface area contributed by atoms with E-state index in [1.807, 2.05) is 54.6 Å². The Morgan fingerprint density at radius 2 is 1.46 bits per heavy atom. The highest BCUT2D eigenvalue weighted by atomic mass is 19.1. The quantitative estimate of drug-likeness (QED) is 0.614. The summed E-state index contributed by atoms with van der Waals surface area (Å²) >= 11 is 0. The molecule has 0 fully saturated rings. The van der Waals surface area contributed by atoms with Gasteiger partial charge in [-0.25, -0.2) is 4.39 Å². The van der Waals surface area contributed by atoms with E-state index in [2.05, 4.69) is 0 Å². The molecule has 0 heterocycles. The van der Waals surface area contributed by atoms with Crippen LogP contribution in [0.5, 0.6) is 0 Å². The van der Waals surface area contributed by atoms with Crippen LogP contribution in [0.25, 0.3) is 11.1 Å². The zero-order chi connectivity index (χ0) is 16.5. The Morgan fingerprint density at radius 3 is 2.25 bits per heavy atom. The fourth-order valence-corrected chi connectivity index (χ4v) is 3.31. The van der Waals surface area contributed by atoms with Crippen LogP contribution in [0, 0.1) is 5.82 Å².